The van der Waals surface area contributed by atoms with Gasteiger partial charge in [-0.25, -0.2) is 0 Å². The molecule has 0 spiro atoms. The summed E-state index contributed by atoms with van der Waals surface area (Å²) in [6, 6.07) is 7.68. The molecule has 92 valence electrons. The van der Waals surface area contributed by atoms with Crippen LogP contribution in [-0.4, -0.2) is 11.9 Å². The number of nitrogens with one attached hydrogen (secondary N) is 1. The highest BCUT2D eigenvalue weighted by molar-refractivity contribution is 7.80. The lowest BCUT2D eigenvalue weighted by molar-refractivity contribution is 0.0924. The van der Waals surface area contributed by atoms with Crippen molar-refractivity contribution in [1.82, 2.24) is 5.32 Å². The SMILES string of the molecule is CC(NC(=O)c1ccccc1S)C1CCCC1. The molecule has 0 aliphatic heterocycles. The molecule has 17 heavy (non-hydrogen) atoms. The van der Waals surface area contributed by atoms with E-state index in [-0.39, 0.29) is 11.9 Å². The quantitative estimate of drug-likeness (QED) is 0.791. The molecule has 1 aliphatic carbocycles. The first-order valence-corrected chi connectivity index (χ1v) is 6.72. The zero-order chi connectivity index (χ0) is 12.3. The zero-order valence-corrected chi connectivity index (χ0v) is 11.0. The fourth-order valence-electron chi connectivity index (χ4n) is 2.53. The van der Waals surface area contributed by atoms with E-state index in [2.05, 4.69) is 24.9 Å². The Balaban J connectivity index is 1.99. The van der Waals surface area contributed by atoms with Gasteiger partial charge in [-0.05, 0) is 37.8 Å². The molecule has 0 heterocycles. The molecule has 0 saturated heterocycles. The Labute approximate surface area is 108 Å². The molecule has 1 saturated carbocycles. The minimum atomic E-state index is -0.00463. The fraction of sp³-hybridized carbons (Fsp3) is 0.500. The molecule has 1 N–H and O–H groups in total. The monoisotopic (exact) mass is 249 g/mol. The van der Waals surface area contributed by atoms with Crippen molar-refractivity contribution in [2.45, 2.75) is 43.5 Å². The summed E-state index contributed by atoms with van der Waals surface area (Å²) in [5, 5.41) is 3.09. The van der Waals surface area contributed by atoms with Crippen molar-refractivity contribution in [1.29, 1.82) is 0 Å². The highest BCUT2D eigenvalue weighted by Crippen LogP contribution is 2.27. The molecule has 0 radical (unpaired) electrons. The molecule has 3 heteroatoms. The van der Waals surface area contributed by atoms with Gasteiger partial charge in [-0.2, -0.15) is 0 Å². The minimum absolute atomic E-state index is 0.00463. The van der Waals surface area contributed by atoms with E-state index in [1.54, 1.807) is 0 Å². The van der Waals surface area contributed by atoms with E-state index in [9.17, 15) is 4.79 Å². The van der Waals surface area contributed by atoms with Crippen LogP contribution in [0.2, 0.25) is 0 Å². The molecular weight excluding hydrogens is 230 g/mol. The van der Waals surface area contributed by atoms with E-state index in [0.717, 1.165) is 4.90 Å². The van der Waals surface area contributed by atoms with Crippen molar-refractivity contribution >= 4 is 18.5 Å². The van der Waals surface area contributed by atoms with Crippen LogP contribution in [0.25, 0.3) is 0 Å². The van der Waals surface area contributed by atoms with Gasteiger partial charge < -0.3 is 5.32 Å². The lowest BCUT2D eigenvalue weighted by Crippen LogP contribution is -2.37. The van der Waals surface area contributed by atoms with Crippen LogP contribution in [0.1, 0.15) is 43.0 Å². The highest BCUT2D eigenvalue weighted by Gasteiger charge is 2.23. The van der Waals surface area contributed by atoms with Crippen LogP contribution in [0.5, 0.6) is 0 Å². The van der Waals surface area contributed by atoms with E-state index in [0.29, 0.717) is 11.5 Å². The van der Waals surface area contributed by atoms with E-state index < -0.39 is 0 Å². The van der Waals surface area contributed by atoms with Crippen molar-refractivity contribution in [3.63, 3.8) is 0 Å². The standard InChI is InChI=1S/C14H19NOS/c1-10(11-6-2-3-7-11)15-14(16)12-8-4-5-9-13(12)17/h4-5,8-11,17H,2-3,6-7H2,1H3,(H,15,16). The smallest absolute Gasteiger partial charge is 0.252 e. The van der Waals surface area contributed by atoms with Gasteiger partial charge in [-0.3, -0.25) is 4.79 Å². The fourth-order valence-corrected chi connectivity index (χ4v) is 2.79. The number of carbonyl (C=O) groups excluding carboxylic acids is 1. The van der Waals surface area contributed by atoms with Gasteiger partial charge in [-0.1, -0.05) is 25.0 Å². The Kier molecular flexibility index (Phi) is 4.11. The average molecular weight is 249 g/mol. The molecule has 1 atom stereocenters. The second-order valence-corrected chi connectivity index (χ2v) is 5.31. The van der Waals surface area contributed by atoms with Gasteiger partial charge in [0.05, 0.1) is 5.56 Å². The third-order valence-electron chi connectivity index (χ3n) is 3.61. The Morgan fingerprint density at radius 2 is 2.00 bits per heavy atom. The highest BCUT2D eigenvalue weighted by atomic mass is 32.1. The van der Waals surface area contributed by atoms with Crippen molar-refractivity contribution in [2.24, 2.45) is 5.92 Å². The van der Waals surface area contributed by atoms with Gasteiger partial charge in [0.1, 0.15) is 0 Å². The third-order valence-corrected chi connectivity index (χ3v) is 4.00. The first-order valence-electron chi connectivity index (χ1n) is 6.27. The van der Waals surface area contributed by atoms with Gasteiger partial charge in [0, 0.05) is 10.9 Å². The van der Waals surface area contributed by atoms with E-state index in [4.69, 9.17) is 0 Å². The molecule has 0 bridgehead atoms. The maximum atomic E-state index is 12.1. The molecule has 2 rings (SSSR count). The summed E-state index contributed by atoms with van der Waals surface area (Å²) in [5.74, 6) is 0.640. The molecule has 1 aromatic rings. The summed E-state index contributed by atoms with van der Waals surface area (Å²) in [5.41, 5.74) is 0.667. The normalized spacial score (nSPS) is 18.0. The first-order chi connectivity index (χ1) is 8.18. The molecule has 1 aliphatic rings. The van der Waals surface area contributed by atoms with Crippen LogP contribution < -0.4 is 5.32 Å². The predicted octanol–water partition coefficient (Wildman–Crippen LogP) is 3.28. The zero-order valence-electron chi connectivity index (χ0n) is 10.1. The van der Waals surface area contributed by atoms with Crippen LogP contribution in [0.15, 0.2) is 29.2 Å². The van der Waals surface area contributed by atoms with E-state index in [1.165, 1.54) is 25.7 Å². The summed E-state index contributed by atoms with van der Waals surface area (Å²) < 4.78 is 0. The van der Waals surface area contributed by atoms with Crippen LogP contribution in [0.3, 0.4) is 0 Å². The maximum absolute atomic E-state index is 12.1. The van der Waals surface area contributed by atoms with Crippen molar-refractivity contribution < 1.29 is 4.79 Å². The number of hydrogen-bond donors (Lipinski definition) is 2. The Morgan fingerprint density at radius 3 is 2.65 bits per heavy atom. The van der Waals surface area contributed by atoms with Crippen LogP contribution in [-0.2, 0) is 0 Å². The Bertz CT molecular complexity index is 399. The molecule has 2 nitrogen and oxygen atoms in total. The van der Waals surface area contributed by atoms with Crippen LogP contribution in [0, 0.1) is 5.92 Å². The number of carbonyl (C=O) groups is 1. The number of rotatable bonds is 3. The van der Waals surface area contributed by atoms with Crippen molar-refractivity contribution in [3.05, 3.63) is 29.8 Å². The molecule has 1 fully saturated rings. The van der Waals surface area contributed by atoms with Crippen LogP contribution >= 0.6 is 12.6 Å². The Hall–Kier alpha value is -0.960. The molecule has 1 aromatic carbocycles. The summed E-state index contributed by atoms with van der Waals surface area (Å²) >= 11 is 4.31. The third kappa shape index (κ3) is 3.03. The average Bonchev–Trinajstić information content (AvgIpc) is 2.82. The summed E-state index contributed by atoms with van der Waals surface area (Å²) in [4.78, 5) is 12.8. The van der Waals surface area contributed by atoms with Crippen molar-refractivity contribution in [3.8, 4) is 0 Å². The minimum Gasteiger partial charge on any atom is -0.349 e. The number of benzene rings is 1. The molecule has 0 aromatic heterocycles. The number of amides is 1. The van der Waals surface area contributed by atoms with Crippen molar-refractivity contribution in [2.75, 3.05) is 0 Å². The van der Waals surface area contributed by atoms with Gasteiger partial charge in [0.15, 0.2) is 0 Å². The number of hydrogen-bond acceptors (Lipinski definition) is 2. The largest absolute Gasteiger partial charge is 0.349 e. The second kappa shape index (κ2) is 5.58. The lowest BCUT2D eigenvalue weighted by atomic mass is 9.99. The maximum Gasteiger partial charge on any atom is 0.252 e. The molecule has 1 amide bonds. The van der Waals surface area contributed by atoms with Gasteiger partial charge >= 0.3 is 0 Å². The van der Waals surface area contributed by atoms with E-state index in [1.807, 2.05) is 24.3 Å². The summed E-state index contributed by atoms with van der Waals surface area (Å²) in [7, 11) is 0. The molecular formula is C14H19NOS. The first kappa shape index (κ1) is 12.5. The summed E-state index contributed by atoms with van der Waals surface area (Å²) in [6.45, 7) is 2.11. The molecule has 1 unspecified atom stereocenters. The summed E-state index contributed by atoms with van der Waals surface area (Å²) in [6.07, 6.45) is 5.08. The topological polar surface area (TPSA) is 29.1 Å². The van der Waals surface area contributed by atoms with Gasteiger partial charge in [-0.15, -0.1) is 12.6 Å². The van der Waals surface area contributed by atoms with E-state index >= 15 is 0 Å². The predicted molar refractivity (Wildman–Crippen MR) is 72.6 cm³/mol. The van der Waals surface area contributed by atoms with Gasteiger partial charge in [0.25, 0.3) is 5.91 Å². The number of thiol groups is 1. The second-order valence-electron chi connectivity index (χ2n) is 4.82. The van der Waals surface area contributed by atoms with Crippen LogP contribution in [0.4, 0.5) is 0 Å². The van der Waals surface area contributed by atoms with Gasteiger partial charge in [0.2, 0.25) is 0 Å². The lowest BCUT2D eigenvalue weighted by Gasteiger charge is -2.20. The Morgan fingerprint density at radius 1 is 1.35 bits per heavy atom.